The summed E-state index contributed by atoms with van der Waals surface area (Å²) < 4.78 is 0. The average molecular weight is 255 g/mol. The first-order valence-corrected chi connectivity index (χ1v) is 6.16. The van der Waals surface area contributed by atoms with Gasteiger partial charge in [0, 0.05) is 17.3 Å². The molecule has 98 valence electrons. The molecule has 0 aliphatic heterocycles. The van der Waals surface area contributed by atoms with Crippen LogP contribution in [0.2, 0.25) is 0 Å². The molecule has 0 radical (unpaired) electrons. The van der Waals surface area contributed by atoms with E-state index in [9.17, 15) is 9.90 Å². The van der Waals surface area contributed by atoms with Gasteiger partial charge in [0.15, 0.2) is 0 Å². The second kappa shape index (κ2) is 5.14. The maximum atomic E-state index is 12.2. The van der Waals surface area contributed by atoms with Gasteiger partial charge in [-0.05, 0) is 49.6 Å². The van der Waals surface area contributed by atoms with Crippen LogP contribution in [-0.4, -0.2) is 11.0 Å². The van der Waals surface area contributed by atoms with Crippen LogP contribution in [0.5, 0.6) is 5.75 Å². The summed E-state index contributed by atoms with van der Waals surface area (Å²) in [6.45, 7) is 5.71. The molecule has 0 bridgehead atoms. The molecule has 2 N–H and O–H groups in total. The summed E-state index contributed by atoms with van der Waals surface area (Å²) in [5.41, 5.74) is 4.08. The van der Waals surface area contributed by atoms with Crippen LogP contribution >= 0.6 is 0 Å². The molecule has 0 atom stereocenters. The molecule has 3 heteroatoms. The van der Waals surface area contributed by atoms with Crippen LogP contribution in [0.3, 0.4) is 0 Å². The Bertz CT molecular complexity index is 633. The fourth-order valence-electron chi connectivity index (χ4n) is 1.88. The van der Waals surface area contributed by atoms with Crippen LogP contribution in [-0.2, 0) is 0 Å². The van der Waals surface area contributed by atoms with Gasteiger partial charge in [-0.3, -0.25) is 4.79 Å². The first-order valence-electron chi connectivity index (χ1n) is 6.16. The van der Waals surface area contributed by atoms with Crippen LogP contribution in [0.15, 0.2) is 36.4 Å². The number of hydrogen-bond donors (Lipinski definition) is 2. The van der Waals surface area contributed by atoms with Gasteiger partial charge in [0.05, 0.1) is 0 Å². The van der Waals surface area contributed by atoms with Crippen molar-refractivity contribution >= 4 is 11.6 Å². The smallest absolute Gasteiger partial charge is 0.255 e. The fourth-order valence-corrected chi connectivity index (χ4v) is 1.88. The number of nitrogens with one attached hydrogen (secondary N) is 1. The van der Waals surface area contributed by atoms with Crippen molar-refractivity contribution in [3.8, 4) is 5.75 Å². The zero-order chi connectivity index (χ0) is 14.0. The molecule has 0 unspecified atom stereocenters. The van der Waals surface area contributed by atoms with Crippen molar-refractivity contribution in [2.45, 2.75) is 20.8 Å². The Morgan fingerprint density at radius 3 is 2.47 bits per heavy atom. The van der Waals surface area contributed by atoms with Crippen molar-refractivity contribution < 1.29 is 9.90 Å². The zero-order valence-corrected chi connectivity index (χ0v) is 11.3. The van der Waals surface area contributed by atoms with E-state index in [0.29, 0.717) is 11.3 Å². The van der Waals surface area contributed by atoms with Gasteiger partial charge in [0.25, 0.3) is 5.91 Å². The summed E-state index contributed by atoms with van der Waals surface area (Å²) in [4.78, 5) is 12.2. The van der Waals surface area contributed by atoms with Gasteiger partial charge in [0.2, 0.25) is 0 Å². The molecular weight excluding hydrogens is 238 g/mol. The maximum absolute atomic E-state index is 12.2. The van der Waals surface area contributed by atoms with Crippen LogP contribution in [0.25, 0.3) is 0 Å². The largest absolute Gasteiger partial charge is 0.508 e. The molecule has 0 heterocycles. The van der Waals surface area contributed by atoms with E-state index in [-0.39, 0.29) is 11.7 Å². The Morgan fingerprint density at radius 2 is 1.79 bits per heavy atom. The van der Waals surface area contributed by atoms with E-state index in [0.717, 1.165) is 16.7 Å². The predicted molar refractivity (Wildman–Crippen MR) is 76.7 cm³/mol. The van der Waals surface area contributed by atoms with E-state index in [1.54, 1.807) is 24.3 Å². The van der Waals surface area contributed by atoms with Crippen LogP contribution in [0.4, 0.5) is 5.69 Å². The first kappa shape index (κ1) is 13.1. The summed E-state index contributed by atoms with van der Waals surface area (Å²) in [6.07, 6.45) is 0. The molecule has 0 aliphatic carbocycles. The number of amides is 1. The molecule has 0 fully saturated rings. The molecule has 3 nitrogen and oxygen atoms in total. The molecule has 19 heavy (non-hydrogen) atoms. The molecule has 2 aromatic rings. The second-order valence-corrected chi connectivity index (χ2v) is 4.70. The molecule has 0 aliphatic rings. The van der Waals surface area contributed by atoms with E-state index in [2.05, 4.69) is 5.32 Å². The van der Waals surface area contributed by atoms with Gasteiger partial charge >= 0.3 is 0 Å². The molecule has 2 rings (SSSR count). The first-order chi connectivity index (χ1) is 8.99. The highest BCUT2D eigenvalue weighted by Crippen LogP contribution is 2.22. The van der Waals surface area contributed by atoms with Gasteiger partial charge in [-0.2, -0.15) is 0 Å². The molecule has 0 saturated carbocycles. The average Bonchev–Trinajstić information content (AvgIpc) is 2.37. The van der Waals surface area contributed by atoms with Gasteiger partial charge < -0.3 is 10.4 Å². The molecule has 1 amide bonds. The van der Waals surface area contributed by atoms with Crippen molar-refractivity contribution in [1.29, 1.82) is 0 Å². The summed E-state index contributed by atoms with van der Waals surface area (Å²) in [5.74, 6) is 0.0169. The third-order valence-corrected chi connectivity index (χ3v) is 3.32. The van der Waals surface area contributed by atoms with Crippen molar-refractivity contribution in [3.05, 3.63) is 58.7 Å². The van der Waals surface area contributed by atoms with Gasteiger partial charge in [-0.15, -0.1) is 0 Å². The normalized spacial score (nSPS) is 10.3. The number of phenolic OH excluding ortho intramolecular Hbond substituents is 1. The van der Waals surface area contributed by atoms with Crippen LogP contribution in [0.1, 0.15) is 27.0 Å². The lowest BCUT2D eigenvalue weighted by Gasteiger charge is -2.10. The Kier molecular flexibility index (Phi) is 3.56. The number of aryl methyl sites for hydroxylation is 2. The van der Waals surface area contributed by atoms with E-state index in [4.69, 9.17) is 0 Å². The number of aromatic hydroxyl groups is 1. The maximum Gasteiger partial charge on any atom is 0.255 e. The molecule has 2 aromatic carbocycles. The monoisotopic (exact) mass is 255 g/mol. The number of phenols is 1. The number of rotatable bonds is 2. The highest BCUT2D eigenvalue weighted by Gasteiger charge is 2.10. The highest BCUT2D eigenvalue weighted by atomic mass is 16.3. The Balaban J connectivity index is 2.26. The third kappa shape index (κ3) is 2.76. The Hall–Kier alpha value is -2.29. The third-order valence-electron chi connectivity index (χ3n) is 3.32. The summed E-state index contributed by atoms with van der Waals surface area (Å²) in [5, 5.41) is 12.4. The number of carbonyl (C=O) groups is 1. The minimum atomic E-state index is -0.163. The summed E-state index contributed by atoms with van der Waals surface area (Å²) in [7, 11) is 0. The van der Waals surface area contributed by atoms with Crippen molar-refractivity contribution in [3.63, 3.8) is 0 Å². The van der Waals surface area contributed by atoms with Gasteiger partial charge in [-0.25, -0.2) is 0 Å². The molecular formula is C16H17NO2. The van der Waals surface area contributed by atoms with Gasteiger partial charge in [-0.1, -0.05) is 18.2 Å². The standard InChI is InChI=1S/C16H17NO2/c1-10-5-4-6-14(12(10)3)16(19)17-13-8-7-11(2)15(18)9-13/h4-9,18H,1-3H3,(H,17,19). The Labute approximate surface area is 112 Å². The van der Waals surface area contributed by atoms with Gasteiger partial charge in [0.1, 0.15) is 5.75 Å². The quantitative estimate of drug-likeness (QED) is 0.861. The van der Waals surface area contributed by atoms with E-state index in [1.165, 1.54) is 0 Å². The SMILES string of the molecule is Cc1ccc(NC(=O)c2cccc(C)c2C)cc1O. The minimum Gasteiger partial charge on any atom is -0.508 e. The second-order valence-electron chi connectivity index (χ2n) is 4.70. The number of hydrogen-bond acceptors (Lipinski definition) is 2. The molecule has 0 aromatic heterocycles. The lowest BCUT2D eigenvalue weighted by Crippen LogP contribution is -2.13. The van der Waals surface area contributed by atoms with E-state index < -0.39 is 0 Å². The zero-order valence-electron chi connectivity index (χ0n) is 11.3. The summed E-state index contributed by atoms with van der Waals surface area (Å²) >= 11 is 0. The van der Waals surface area contributed by atoms with Crippen LogP contribution in [0, 0.1) is 20.8 Å². The minimum absolute atomic E-state index is 0.163. The number of carbonyl (C=O) groups excluding carboxylic acids is 1. The van der Waals surface area contributed by atoms with E-state index >= 15 is 0 Å². The topological polar surface area (TPSA) is 49.3 Å². The highest BCUT2D eigenvalue weighted by molar-refractivity contribution is 6.05. The number of benzene rings is 2. The molecule has 0 spiro atoms. The lowest BCUT2D eigenvalue weighted by atomic mass is 10.0. The fraction of sp³-hybridized carbons (Fsp3) is 0.188. The Morgan fingerprint density at radius 1 is 1.05 bits per heavy atom. The lowest BCUT2D eigenvalue weighted by molar-refractivity contribution is 0.102. The van der Waals surface area contributed by atoms with Crippen molar-refractivity contribution in [2.24, 2.45) is 0 Å². The van der Waals surface area contributed by atoms with E-state index in [1.807, 2.05) is 32.9 Å². The molecule has 0 saturated heterocycles. The summed E-state index contributed by atoms with van der Waals surface area (Å²) in [6, 6.07) is 10.7. The van der Waals surface area contributed by atoms with Crippen molar-refractivity contribution in [2.75, 3.05) is 5.32 Å². The predicted octanol–water partition coefficient (Wildman–Crippen LogP) is 3.57. The van der Waals surface area contributed by atoms with Crippen LogP contribution < -0.4 is 5.32 Å². The van der Waals surface area contributed by atoms with Crippen molar-refractivity contribution in [1.82, 2.24) is 0 Å². The number of anilines is 1.